The molecule has 3 nitrogen and oxygen atoms in total. The van der Waals surface area contributed by atoms with Crippen molar-refractivity contribution >= 4 is 15.9 Å². The number of hydrogen-bond donors (Lipinski definition) is 1. The largest absolute Gasteiger partial charge is 0.311 e. The maximum Gasteiger partial charge on any atom is 0.133 e. The minimum Gasteiger partial charge on any atom is -0.311 e. The topological polar surface area (TPSA) is 37.8 Å². The molecule has 0 spiro atoms. The first-order valence-electron chi connectivity index (χ1n) is 6.96. The molecular weight excluding hydrogens is 314 g/mol. The van der Waals surface area contributed by atoms with E-state index in [1.807, 2.05) is 25.1 Å². The van der Waals surface area contributed by atoms with Gasteiger partial charge in [0.1, 0.15) is 5.82 Å². The highest BCUT2D eigenvalue weighted by Gasteiger charge is 2.06. The van der Waals surface area contributed by atoms with Crippen LogP contribution in [-0.4, -0.2) is 16.5 Å². The van der Waals surface area contributed by atoms with E-state index in [-0.39, 0.29) is 0 Å². The molecule has 0 unspecified atom stereocenters. The summed E-state index contributed by atoms with van der Waals surface area (Å²) < 4.78 is 1.11. The Morgan fingerprint density at radius 3 is 2.75 bits per heavy atom. The molecule has 1 aromatic carbocycles. The summed E-state index contributed by atoms with van der Waals surface area (Å²) in [6, 6.07) is 10.3. The Kier molecular flexibility index (Phi) is 5.68. The molecule has 0 aliphatic heterocycles. The Morgan fingerprint density at radius 1 is 1.20 bits per heavy atom. The number of hydrogen-bond acceptors (Lipinski definition) is 3. The summed E-state index contributed by atoms with van der Waals surface area (Å²) in [6.07, 6.45) is 1.89. The van der Waals surface area contributed by atoms with Crippen LogP contribution in [-0.2, 0) is 13.0 Å². The minimum atomic E-state index is 0.754. The van der Waals surface area contributed by atoms with Crippen molar-refractivity contribution < 1.29 is 0 Å². The number of benzene rings is 1. The lowest BCUT2D eigenvalue weighted by Gasteiger charge is -2.08. The smallest absolute Gasteiger partial charge is 0.133 e. The van der Waals surface area contributed by atoms with E-state index in [9.17, 15) is 0 Å². The summed E-state index contributed by atoms with van der Waals surface area (Å²) in [5.74, 6) is 0.880. The van der Waals surface area contributed by atoms with Crippen LogP contribution in [0.1, 0.15) is 36.1 Å². The normalized spacial score (nSPS) is 10.8. The van der Waals surface area contributed by atoms with Gasteiger partial charge in [0, 0.05) is 23.1 Å². The van der Waals surface area contributed by atoms with Crippen LogP contribution in [0.25, 0.3) is 0 Å². The SMILES string of the molecule is CCCNCc1cc(C)nc(Cc2ccccc2Br)n1. The molecule has 2 aromatic rings. The highest BCUT2D eigenvalue weighted by molar-refractivity contribution is 9.10. The minimum absolute atomic E-state index is 0.754. The van der Waals surface area contributed by atoms with Gasteiger partial charge in [0.05, 0.1) is 5.69 Å². The zero-order valence-electron chi connectivity index (χ0n) is 12.0. The van der Waals surface area contributed by atoms with Crippen LogP contribution >= 0.6 is 15.9 Å². The highest BCUT2D eigenvalue weighted by atomic mass is 79.9. The van der Waals surface area contributed by atoms with Crippen molar-refractivity contribution in [3.8, 4) is 0 Å². The number of rotatable bonds is 6. The Hall–Kier alpha value is -1.26. The van der Waals surface area contributed by atoms with Crippen LogP contribution in [0.15, 0.2) is 34.8 Å². The number of nitrogens with zero attached hydrogens (tertiary/aromatic N) is 2. The first-order chi connectivity index (χ1) is 9.69. The van der Waals surface area contributed by atoms with Crippen LogP contribution in [0.3, 0.4) is 0 Å². The molecule has 0 atom stereocenters. The molecule has 0 bridgehead atoms. The van der Waals surface area contributed by atoms with Crippen LogP contribution in [0.4, 0.5) is 0 Å². The van der Waals surface area contributed by atoms with Gasteiger partial charge in [0.15, 0.2) is 0 Å². The van der Waals surface area contributed by atoms with Crippen LogP contribution in [0.5, 0.6) is 0 Å². The summed E-state index contributed by atoms with van der Waals surface area (Å²) in [7, 11) is 0. The molecule has 1 N–H and O–H groups in total. The quantitative estimate of drug-likeness (QED) is 0.820. The Morgan fingerprint density at radius 2 is 2.00 bits per heavy atom. The van der Waals surface area contributed by atoms with E-state index in [2.05, 4.69) is 50.3 Å². The van der Waals surface area contributed by atoms with E-state index in [1.54, 1.807) is 0 Å². The molecule has 0 saturated heterocycles. The predicted molar refractivity (Wildman–Crippen MR) is 85.7 cm³/mol. The second-order valence-corrected chi connectivity index (χ2v) is 5.72. The zero-order chi connectivity index (χ0) is 14.4. The van der Waals surface area contributed by atoms with E-state index < -0.39 is 0 Å². The van der Waals surface area contributed by atoms with Gasteiger partial charge >= 0.3 is 0 Å². The van der Waals surface area contributed by atoms with Gasteiger partial charge < -0.3 is 5.32 Å². The first-order valence-corrected chi connectivity index (χ1v) is 7.76. The number of halogens is 1. The molecule has 106 valence electrons. The van der Waals surface area contributed by atoms with Crippen molar-refractivity contribution in [2.45, 2.75) is 33.2 Å². The summed E-state index contributed by atoms with van der Waals surface area (Å²) in [5, 5.41) is 3.38. The number of nitrogens with one attached hydrogen (secondary N) is 1. The van der Waals surface area contributed by atoms with Crippen molar-refractivity contribution in [2.24, 2.45) is 0 Å². The molecule has 1 heterocycles. The Labute approximate surface area is 129 Å². The van der Waals surface area contributed by atoms with E-state index in [0.29, 0.717) is 0 Å². The van der Waals surface area contributed by atoms with Gasteiger partial charge in [0.25, 0.3) is 0 Å². The van der Waals surface area contributed by atoms with Crippen LogP contribution in [0.2, 0.25) is 0 Å². The number of aromatic nitrogens is 2. The van der Waals surface area contributed by atoms with E-state index in [1.165, 1.54) is 5.56 Å². The molecule has 0 radical (unpaired) electrons. The van der Waals surface area contributed by atoms with Gasteiger partial charge in [-0.25, -0.2) is 9.97 Å². The molecule has 20 heavy (non-hydrogen) atoms. The molecule has 0 aliphatic rings. The predicted octanol–water partition coefficient (Wildman–Crippen LogP) is 3.64. The monoisotopic (exact) mass is 333 g/mol. The van der Waals surface area contributed by atoms with Crippen molar-refractivity contribution in [3.63, 3.8) is 0 Å². The summed E-state index contributed by atoms with van der Waals surface area (Å²) in [6.45, 7) is 6.01. The van der Waals surface area contributed by atoms with E-state index in [0.717, 1.165) is 47.6 Å². The van der Waals surface area contributed by atoms with Gasteiger partial charge in [-0.2, -0.15) is 0 Å². The maximum atomic E-state index is 4.65. The standard InChI is InChI=1S/C16H20BrN3/c1-3-8-18-11-14-9-12(2)19-16(20-14)10-13-6-4-5-7-15(13)17/h4-7,9,18H,3,8,10-11H2,1-2H3. The third-order valence-electron chi connectivity index (χ3n) is 2.99. The summed E-state index contributed by atoms with van der Waals surface area (Å²) in [4.78, 5) is 9.19. The average Bonchev–Trinajstić information content (AvgIpc) is 2.41. The molecule has 0 aliphatic carbocycles. The molecule has 1 aromatic heterocycles. The highest BCUT2D eigenvalue weighted by Crippen LogP contribution is 2.18. The van der Waals surface area contributed by atoms with Crippen molar-refractivity contribution in [1.82, 2.24) is 15.3 Å². The Bertz CT molecular complexity index is 569. The molecule has 0 saturated carbocycles. The van der Waals surface area contributed by atoms with Crippen molar-refractivity contribution in [3.05, 3.63) is 57.6 Å². The first kappa shape index (κ1) is 15.1. The van der Waals surface area contributed by atoms with Gasteiger partial charge in [0.2, 0.25) is 0 Å². The zero-order valence-corrected chi connectivity index (χ0v) is 13.6. The fourth-order valence-electron chi connectivity index (χ4n) is 2.07. The maximum absolute atomic E-state index is 4.65. The van der Waals surface area contributed by atoms with Gasteiger partial charge in [-0.3, -0.25) is 0 Å². The Balaban J connectivity index is 2.13. The molecule has 2 rings (SSSR count). The lowest BCUT2D eigenvalue weighted by Crippen LogP contribution is -2.16. The number of aryl methyl sites for hydroxylation is 1. The third-order valence-corrected chi connectivity index (χ3v) is 3.77. The fourth-order valence-corrected chi connectivity index (χ4v) is 2.50. The van der Waals surface area contributed by atoms with Crippen molar-refractivity contribution in [2.75, 3.05) is 6.54 Å². The molecule has 4 heteroatoms. The third kappa shape index (κ3) is 4.39. The lowest BCUT2D eigenvalue weighted by atomic mass is 10.1. The van der Waals surface area contributed by atoms with Gasteiger partial charge in [-0.15, -0.1) is 0 Å². The van der Waals surface area contributed by atoms with E-state index in [4.69, 9.17) is 0 Å². The van der Waals surface area contributed by atoms with Crippen molar-refractivity contribution in [1.29, 1.82) is 0 Å². The molecular formula is C16H20BrN3. The van der Waals surface area contributed by atoms with Crippen LogP contribution < -0.4 is 5.32 Å². The second-order valence-electron chi connectivity index (χ2n) is 4.86. The van der Waals surface area contributed by atoms with Gasteiger partial charge in [-0.05, 0) is 37.6 Å². The summed E-state index contributed by atoms with van der Waals surface area (Å²) >= 11 is 3.57. The van der Waals surface area contributed by atoms with Crippen LogP contribution in [0, 0.1) is 6.92 Å². The average molecular weight is 334 g/mol. The summed E-state index contributed by atoms with van der Waals surface area (Å²) in [5.41, 5.74) is 3.30. The second kappa shape index (κ2) is 7.50. The lowest BCUT2D eigenvalue weighted by molar-refractivity contribution is 0.658. The van der Waals surface area contributed by atoms with E-state index >= 15 is 0 Å². The van der Waals surface area contributed by atoms with Gasteiger partial charge in [-0.1, -0.05) is 41.1 Å². The molecule has 0 fully saturated rings. The fraction of sp³-hybridized carbons (Fsp3) is 0.375. The molecule has 0 amide bonds.